The zero-order valence-corrected chi connectivity index (χ0v) is 9.18. The molecule has 16 heavy (non-hydrogen) atoms. The lowest BCUT2D eigenvalue weighted by Crippen LogP contribution is -2.26. The van der Waals surface area contributed by atoms with Crippen molar-refractivity contribution in [2.24, 2.45) is 5.73 Å². The van der Waals surface area contributed by atoms with Gasteiger partial charge in [-0.1, -0.05) is 0 Å². The highest BCUT2D eigenvalue weighted by Crippen LogP contribution is 2.33. The number of carbonyl (C=O) groups is 1. The lowest BCUT2D eigenvalue weighted by Gasteiger charge is -2.25. The second kappa shape index (κ2) is 4.51. The van der Waals surface area contributed by atoms with Crippen LogP contribution in [0.2, 0.25) is 0 Å². The molecule has 1 heterocycles. The topological polar surface area (TPSA) is 91.2 Å². The molecule has 1 aromatic rings. The SMILES string of the molecule is Cc1nnc([C@H]2CC[C@H](OC(N)=O)CC2)o1. The smallest absolute Gasteiger partial charge is 0.404 e. The molecular formula is C10H15N3O3. The molecule has 0 spiro atoms. The number of aromatic nitrogens is 2. The first-order chi connectivity index (χ1) is 7.65. The molecule has 0 bridgehead atoms. The number of nitrogens with two attached hydrogens (primary N) is 1. The number of hydrogen-bond acceptors (Lipinski definition) is 5. The summed E-state index contributed by atoms with van der Waals surface area (Å²) in [5.41, 5.74) is 4.97. The quantitative estimate of drug-likeness (QED) is 0.823. The molecule has 0 unspecified atom stereocenters. The average molecular weight is 225 g/mol. The number of ether oxygens (including phenoxy) is 1. The van der Waals surface area contributed by atoms with Crippen molar-refractivity contribution in [3.05, 3.63) is 11.8 Å². The Balaban J connectivity index is 1.87. The van der Waals surface area contributed by atoms with Crippen molar-refractivity contribution >= 4 is 6.09 Å². The predicted octanol–water partition coefficient (Wildman–Crippen LogP) is 1.50. The number of nitrogens with zero attached hydrogens (tertiary/aromatic N) is 2. The zero-order chi connectivity index (χ0) is 11.5. The van der Waals surface area contributed by atoms with E-state index in [9.17, 15) is 4.79 Å². The van der Waals surface area contributed by atoms with Crippen molar-refractivity contribution in [3.63, 3.8) is 0 Å². The van der Waals surface area contributed by atoms with Crippen LogP contribution in [0.25, 0.3) is 0 Å². The van der Waals surface area contributed by atoms with Crippen LogP contribution >= 0.6 is 0 Å². The Bertz CT molecular complexity index is 369. The maximum absolute atomic E-state index is 10.6. The summed E-state index contributed by atoms with van der Waals surface area (Å²) in [6.45, 7) is 1.78. The fraction of sp³-hybridized carbons (Fsp3) is 0.700. The second-order valence-corrected chi connectivity index (χ2v) is 4.07. The van der Waals surface area contributed by atoms with Crippen molar-refractivity contribution in [2.75, 3.05) is 0 Å². The largest absolute Gasteiger partial charge is 0.446 e. The molecule has 0 aliphatic heterocycles. The first-order valence-electron chi connectivity index (χ1n) is 5.41. The molecular weight excluding hydrogens is 210 g/mol. The molecule has 1 saturated carbocycles. The van der Waals surface area contributed by atoms with Gasteiger partial charge in [0.15, 0.2) is 0 Å². The Hall–Kier alpha value is -1.59. The molecule has 1 amide bonds. The summed E-state index contributed by atoms with van der Waals surface area (Å²) in [5, 5.41) is 7.81. The van der Waals surface area contributed by atoms with Gasteiger partial charge in [-0.2, -0.15) is 0 Å². The van der Waals surface area contributed by atoms with Gasteiger partial charge in [0.25, 0.3) is 0 Å². The molecule has 2 rings (SSSR count). The van der Waals surface area contributed by atoms with Crippen molar-refractivity contribution in [1.29, 1.82) is 0 Å². The lowest BCUT2D eigenvalue weighted by molar-refractivity contribution is 0.0765. The Labute approximate surface area is 93.2 Å². The normalized spacial score (nSPS) is 25.3. The molecule has 1 aliphatic rings. The van der Waals surface area contributed by atoms with Crippen molar-refractivity contribution in [1.82, 2.24) is 10.2 Å². The first kappa shape index (κ1) is 10.9. The van der Waals surface area contributed by atoms with E-state index >= 15 is 0 Å². The highest BCUT2D eigenvalue weighted by Gasteiger charge is 2.27. The van der Waals surface area contributed by atoms with Crippen LogP contribution in [0.1, 0.15) is 43.4 Å². The third-order valence-electron chi connectivity index (χ3n) is 2.85. The van der Waals surface area contributed by atoms with Crippen LogP contribution in [0.3, 0.4) is 0 Å². The van der Waals surface area contributed by atoms with Gasteiger partial charge in [-0.3, -0.25) is 0 Å². The van der Waals surface area contributed by atoms with E-state index < -0.39 is 6.09 Å². The summed E-state index contributed by atoms with van der Waals surface area (Å²) in [4.78, 5) is 10.6. The summed E-state index contributed by atoms with van der Waals surface area (Å²) in [6, 6.07) is 0. The monoisotopic (exact) mass is 225 g/mol. The van der Waals surface area contributed by atoms with Crippen LogP contribution in [-0.4, -0.2) is 22.4 Å². The third-order valence-corrected chi connectivity index (χ3v) is 2.85. The highest BCUT2D eigenvalue weighted by atomic mass is 16.6. The lowest BCUT2D eigenvalue weighted by atomic mass is 9.87. The van der Waals surface area contributed by atoms with Crippen LogP contribution in [0, 0.1) is 6.92 Å². The molecule has 0 aromatic carbocycles. The molecule has 1 aromatic heterocycles. The van der Waals surface area contributed by atoms with Crippen molar-refractivity contribution in [3.8, 4) is 0 Å². The molecule has 1 aliphatic carbocycles. The summed E-state index contributed by atoms with van der Waals surface area (Å²) >= 11 is 0. The van der Waals surface area contributed by atoms with E-state index in [2.05, 4.69) is 10.2 Å². The summed E-state index contributed by atoms with van der Waals surface area (Å²) < 4.78 is 10.3. The maximum atomic E-state index is 10.6. The van der Waals surface area contributed by atoms with Gasteiger partial charge in [0, 0.05) is 12.8 Å². The number of aryl methyl sites for hydroxylation is 1. The summed E-state index contributed by atoms with van der Waals surface area (Å²) in [7, 11) is 0. The highest BCUT2D eigenvalue weighted by molar-refractivity contribution is 5.64. The van der Waals surface area contributed by atoms with E-state index in [0.717, 1.165) is 25.7 Å². The van der Waals surface area contributed by atoms with Crippen molar-refractivity contribution in [2.45, 2.75) is 44.6 Å². The van der Waals surface area contributed by atoms with E-state index in [1.165, 1.54) is 0 Å². The molecule has 6 heteroatoms. The predicted molar refractivity (Wildman–Crippen MR) is 54.7 cm³/mol. The van der Waals surface area contributed by atoms with Crippen molar-refractivity contribution < 1.29 is 13.9 Å². The van der Waals surface area contributed by atoms with Gasteiger partial charge in [0.1, 0.15) is 6.10 Å². The van der Waals surface area contributed by atoms with E-state index in [-0.39, 0.29) is 12.0 Å². The molecule has 1 fully saturated rings. The Morgan fingerprint density at radius 1 is 1.38 bits per heavy atom. The fourth-order valence-electron chi connectivity index (χ4n) is 2.07. The summed E-state index contributed by atoms with van der Waals surface area (Å²) in [5.74, 6) is 1.56. The molecule has 6 nitrogen and oxygen atoms in total. The minimum Gasteiger partial charge on any atom is -0.446 e. The zero-order valence-electron chi connectivity index (χ0n) is 9.18. The second-order valence-electron chi connectivity index (χ2n) is 4.07. The van der Waals surface area contributed by atoms with Crippen LogP contribution in [0.5, 0.6) is 0 Å². The van der Waals surface area contributed by atoms with Gasteiger partial charge in [-0.05, 0) is 25.7 Å². The van der Waals surface area contributed by atoms with Gasteiger partial charge in [0.05, 0.1) is 0 Å². The maximum Gasteiger partial charge on any atom is 0.404 e. The number of rotatable bonds is 2. The third kappa shape index (κ3) is 2.50. The van der Waals surface area contributed by atoms with Crippen LogP contribution in [0.4, 0.5) is 4.79 Å². The number of hydrogen-bond donors (Lipinski definition) is 1. The first-order valence-corrected chi connectivity index (χ1v) is 5.41. The number of primary amides is 1. The van der Waals surface area contributed by atoms with E-state index in [1.54, 1.807) is 6.92 Å². The molecule has 2 N–H and O–H groups in total. The number of amides is 1. The standard InChI is InChI=1S/C10H15N3O3/c1-6-12-13-9(15-6)7-2-4-8(5-3-7)16-10(11)14/h7-8H,2-5H2,1H3,(H2,11,14)/t7-,8-. The van der Waals surface area contributed by atoms with Crippen LogP contribution in [0.15, 0.2) is 4.42 Å². The molecule has 88 valence electrons. The van der Waals surface area contributed by atoms with Crippen LogP contribution in [-0.2, 0) is 4.74 Å². The Morgan fingerprint density at radius 3 is 2.56 bits per heavy atom. The van der Waals surface area contributed by atoms with E-state index in [1.807, 2.05) is 0 Å². The minimum atomic E-state index is -0.697. The van der Waals surface area contributed by atoms with Gasteiger partial charge in [0.2, 0.25) is 11.8 Å². The van der Waals surface area contributed by atoms with Gasteiger partial charge in [-0.15, -0.1) is 10.2 Å². The fourth-order valence-corrected chi connectivity index (χ4v) is 2.07. The summed E-state index contributed by atoms with van der Waals surface area (Å²) in [6.07, 6.45) is 2.62. The van der Waals surface area contributed by atoms with E-state index in [4.69, 9.17) is 14.9 Å². The molecule has 0 atom stereocenters. The average Bonchev–Trinajstić information content (AvgIpc) is 2.65. The Kier molecular flexibility index (Phi) is 3.07. The van der Waals surface area contributed by atoms with E-state index in [0.29, 0.717) is 11.8 Å². The molecule has 0 saturated heterocycles. The van der Waals surface area contributed by atoms with Crippen LogP contribution < -0.4 is 5.73 Å². The number of carbonyl (C=O) groups excluding carboxylic acids is 1. The molecule has 0 radical (unpaired) electrons. The Morgan fingerprint density at radius 2 is 2.06 bits per heavy atom. The van der Waals surface area contributed by atoms with Gasteiger partial charge < -0.3 is 14.9 Å². The minimum absolute atomic E-state index is 0.0576. The van der Waals surface area contributed by atoms with Gasteiger partial charge in [-0.25, -0.2) is 4.79 Å². The van der Waals surface area contributed by atoms with Gasteiger partial charge >= 0.3 is 6.09 Å².